The maximum atomic E-state index is 12.1. The Morgan fingerprint density at radius 2 is 2.04 bits per heavy atom. The van der Waals surface area contributed by atoms with Crippen LogP contribution in [0.1, 0.15) is 36.7 Å². The highest BCUT2D eigenvalue weighted by molar-refractivity contribution is 6.40. The fraction of sp³-hybridized carbons (Fsp3) is 0.500. The first-order valence-electron chi connectivity index (χ1n) is 8.74. The molecule has 0 saturated carbocycles. The molecule has 2 rings (SSSR count). The lowest BCUT2D eigenvalue weighted by molar-refractivity contribution is -0.121. The summed E-state index contributed by atoms with van der Waals surface area (Å²) in [6, 6.07) is 9.51. The van der Waals surface area contributed by atoms with Gasteiger partial charge in [-0.2, -0.15) is 0 Å². The summed E-state index contributed by atoms with van der Waals surface area (Å²) >= 11 is 0. The molecular formula is C16H25BN6O3. The van der Waals surface area contributed by atoms with Crippen molar-refractivity contribution in [3.8, 4) is 0 Å². The summed E-state index contributed by atoms with van der Waals surface area (Å²) in [4.78, 5) is 12.1. The van der Waals surface area contributed by atoms with Crippen molar-refractivity contribution in [3.63, 3.8) is 0 Å². The van der Waals surface area contributed by atoms with Gasteiger partial charge in [0.1, 0.15) is 6.54 Å². The number of amides is 1. The maximum absolute atomic E-state index is 12.1. The average molecular weight is 360 g/mol. The van der Waals surface area contributed by atoms with Crippen molar-refractivity contribution >= 4 is 13.0 Å². The summed E-state index contributed by atoms with van der Waals surface area (Å²) < 4.78 is 1.41. The van der Waals surface area contributed by atoms with Crippen molar-refractivity contribution in [2.45, 2.75) is 44.6 Å². The van der Waals surface area contributed by atoms with Crippen LogP contribution in [-0.2, 0) is 17.8 Å². The summed E-state index contributed by atoms with van der Waals surface area (Å²) in [6.45, 7) is 0.552. The smallest absolute Gasteiger partial charge is 0.427 e. The SMILES string of the molecule is NC(CCCCB(O)O)c1nnnn1CC(=O)NCCc1ccccc1. The molecule has 0 bridgehead atoms. The summed E-state index contributed by atoms with van der Waals surface area (Å²) in [5.41, 5.74) is 7.25. The van der Waals surface area contributed by atoms with Crippen molar-refractivity contribution in [1.29, 1.82) is 0 Å². The number of hydrogen-bond acceptors (Lipinski definition) is 7. The monoisotopic (exact) mass is 360 g/mol. The molecular weight excluding hydrogens is 335 g/mol. The molecule has 1 heterocycles. The van der Waals surface area contributed by atoms with E-state index in [9.17, 15) is 4.79 Å². The molecule has 10 heteroatoms. The molecule has 0 spiro atoms. The van der Waals surface area contributed by atoms with Gasteiger partial charge in [-0.05, 0) is 35.2 Å². The van der Waals surface area contributed by atoms with Crippen LogP contribution in [0.15, 0.2) is 30.3 Å². The molecule has 0 aliphatic heterocycles. The molecule has 1 aromatic carbocycles. The molecule has 1 amide bonds. The molecule has 1 aromatic heterocycles. The summed E-state index contributed by atoms with van der Waals surface area (Å²) in [5.74, 6) is 0.276. The summed E-state index contributed by atoms with van der Waals surface area (Å²) in [7, 11) is -1.30. The molecule has 0 radical (unpaired) electrons. The van der Waals surface area contributed by atoms with Gasteiger partial charge in [-0.3, -0.25) is 4.79 Å². The highest BCUT2D eigenvalue weighted by atomic mass is 16.4. The van der Waals surface area contributed by atoms with Crippen LogP contribution >= 0.6 is 0 Å². The second-order valence-electron chi connectivity index (χ2n) is 6.15. The Bertz CT molecular complexity index is 667. The van der Waals surface area contributed by atoms with Crippen LogP contribution in [-0.4, -0.2) is 49.8 Å². The molecule has 0 saturated heterocycles. The van der Waals surface area contributed by atoms with E-state index < -0.39 is 13.2 Å². The zero-order valence-corrected chi connectivity index (χ0v) is 14.7. The molecule has 5 N–H and O–H groups in total. The van der Waals surface area contributed by atoms with Gasteiger partial charge in [0, 0.05) is 6.54 Å². The van der Waals surface area contributed by atoms with Gasteiger partial charge < -0.3 is 21.1 Å². The first-order chi connectivity index (χ1) is 12.6. The van der Waals surface area contributed by atoms with Crippen LogP contribution in [0.5, 0.6) is 0 Å². The van der Waals surface area contributed by atoms with E-state index in [4.69, 9.17) is 15.8 Å². The zero-order valence-electron chi connectivity index (χ0n) is 14.7. The van der Waals surface area contributed by atoms with Gasteiger partial charge in [-0.15, -0.1) is 5.10 Å². The molecule has 0 aliphatic carbocycles. The fourth-order valence-corrected chi connectivity index (χ4v) is 2.59. The number of carbonyl (C=O) groups is 1. The minimum absolute atomic E-state index is 0.0141. The quantitative estimate of drug-likeness (QED) is 0.318. The van der Waals surface area contributed by atoms with Crippen molar-refractivity contribution in [2.24, 2.45) is 5.73 Å². The number of nitrogens with two attached hydrogens (primary N) is 1. The van der Waals surface area contributed by atoms with Crippen LogP contribution in [0.25, 0.3) is 0 Å². The lowest BCUT2D eigenvalue weighted by Crippen LogP contribution is -2.31. The highest BCUT2D eigenvalue weighted by Crippen LogP contribution is 2.14. The van der Waals surface area contributed by atoms with E-state index in [1.54, 1.807) is 0 Å². The molecule has 9 nitrogen and oxygen atoms in total. The topological polar surface area (TPSA) is 139 Å². The molecule has 0 aliphatic rings. The van der Waals surface area contributed by atoms with E-state index in [1.165, 1.54) is 4.68 Å². The number of nitrogens with zero attached hydrogens (tertiary/aromatic N) is 4. The Morgan fingerprint density at radius 1 is 1.27 bits per heavy atom. The van der Waals surface area contributed by atoms with Crippen LogP contribution in [0.3, 0.4) is 0 Å². The second kappa shape index (κ2) is 10.6. The van der Waals surface area contributed by atoms with Gasteiger partial charge >= 0.3 is 7.12 Å². The predicted molar refractivity (Wildman–Crippen MR) is 96.8 cm³/mol. The maximum Gasteiger partial charge on any atom is 0.451 e. The number of tetrazole rings is 1. The Hall–Kier alpha value is -2.30. The highest BCUT2D eigenvalue weighted by Gasteiger charge is 2.17. The van der Waals surface area contributed by atoms with E-state index in [0.717, 1.165) is 18.4 Å². The molecule has 2 aromatic rings. The van der Waals surface area contributed by atoms with Gasteiger partial charge in [-0.1, -0.05) is 43.2 Å². The van der Waals surface area contributed by atoms with Gasteiger partial charge in [0.05, 0.1) is 6.04 Å². The second-order valence-corrected chi connectivity index (χ2v) is 6.15. The average Bonchev–Trinajstić information content (AvgIpc) is 3.07. The van der Waals surface area contributed by atoms with Crippen LogP contribution < -0.4 is 11.1 Å². The Balaban J connectivity index is 1.75. The van der Waals surface area contributed by atoms with Crippen molar-refractivity contribution in [3.05, 3.63) is 41.7 Å². The molecule has 1 atom stereocenters. The van der Waals surface area contributed by atoms with Crippen molar-refractivity contribution in [1.82, 2.24) is 25.5 Å². The van der Waals surface area contributed by atoms with Crippen LogP contribution in [0.2, 0.25) is 6.32 Å². The minimum atomic E-state index is -1.30. The Kier molecular flexibility index (Phi) is 8.19. The van der Waals surface area contributed by atoms with E-state index in [1.807, 2.05) is 30.3 Å². The number of benzene rings is 1. The third kappa shape index (κ3) is 6.91. The largest absolute Gasteiger partial charge is 0.451 e. The van der Waals surface area contributed by atoms with Gasteiger partial charge in [0.2, 0.25) is 5.91 Å². The normalized spacial score (nSPS) is 12.0. The van der Waals surface area contributed by atoms with Crippen LogP contribution in [0, 0.1) is 0 Å². The van der Waals surface area contributed by atoms with Crippen molar-refractivity contribution < 1.29 is 14.8 Å². The standard InChI is InChI=1S/C16H25BN6O3/c18-14(8-4-5-10-17(25)26)16-20-21-22-23(16)12-15(24)19-11-9-13-6-2-1-3-7-13/h1-3,6-7,14,25-26H,4-5,8-12,18H2,(H,19,24). The number of nitrogens with one attached hydrogen (secondary N) is 1. The van der Waals surface area contributed by atoms with E-state index in [0.29, 0.717) is 31.5 Å². The Labute approximate surface area is 152 Å². The van der Waals surface area contributed by atoms with E-state index >= 15 is 0 Å². The number of aromatic nitrogens is 4. The molecule has 1 unspecified atom stereocenters. The number of unbranched alkanes of at least 4 members (excludes halogenated alkanes) is 1. The lowest BCUT2D eigenvalue weighted by atomic mass is 9.83. The number of rotatable bonds is 11. The van der Waals surface area contributed by atoms with E-state index in [2.05, 4.69) is 20.8 Å². The molecule has 26 heavy (non-hydrogen) atoms. The first kappa shape index (κ1) is 20.0. The van der Waals surface area contributed by atoms with E-state index in [-0.39, 0.29) is 12.5 Å². The first-order valence-corrected chi connectivity index (χ1v) is 8.74. The van der Waals surface area contributed by atoms with Crippen molar-refractivity contribution in [2.75, 3.05) is 6.54 Å². The van der Waals surface area contributed by atoms with Crippen LogP contribution in [0.4, 0.5) is 0 Å². The predicted octanol–water partition coefficient (Wildman–Crippen LogP) is -0.325. The van der Waals surface area contributed by atoms with Gasteiger partial charge in [-0.25, -0.2) is 4.68 Å². The molecule has 0 fully saturated rings. The lowest BCUT2D eigenvalue weighted by Gasteiger charge is -2.11. The zero-order chi connectivity index (χ0) is 18.8. The third-order valence-electron chi connectivity index (χ3n) is 3.99. The Morgan fingerprint density at radius 3 is 2.77 bits per heavy atom. The molecule has 140 valence electrons. The number of carbonyl (C=O) groups excluding carboxylic acids is 1. The minimum Gasteiger partial charge on any atom is -0.427 e. The third-order valence-corrected chi connectivity index (χ3v) is 3.99. The number of hydrogen-bond donors (Lipinski definition) is 4. The van der Waals surface area contributed by atoms with Gasteiger partial charge in [0.25, 0.3) is 0 Å². The fourth-order valence-electron chi connectivity index (χ4n) is 2.59. The summed E-state index contributed by atoms with van der Waals surface area (Å²) in [6.07, 6.45) is 3.03. The van der Waals surface area contributed by atoms with Gasteiger partial charge in [0.15, 0.2) is 5.82 Å². The summed E-state index contributed by atoms with van der Waals surface area (Å²) in [5, 5.41) is 31.9.